The lowest BCUT2D eigenvalue weighted by atomic mass is 10.1. The maximum Gasteiger partial charge on any atom is 0.234 e. The van der Waals surface area contributed by atoms with Crippen LogP contribution in [0, 0.1) is 0 Å². The molecule has 1 rings (SSSR count). The van der Waals surface area contributed by atoms with Crippen molar-refractivity contribution in [2.45, 2.75) is 13.0 Å². The van der Waals surface area contributed by atoms with E-state index in [4.69, 9.17) is 9.47 Å². The first-order chi connectivity index (χ1) is 9.17. The van der Waals surface area contributed by atoms with E-state index in [0.29, 0.717) is 19.7 Å². The highest BCUT2D eigenvalue weighted by Crippen LogP contribution is 2.16. The number of ether oxygens (including phenoxy) is 2. The van der Waals surface area contributed by atoms with Crippen LogP contribution in [0.15, 0.2) is 24.3 Å². The number of nitrogens with one attached hydrogen (secondary N) is 2. The zero-order chi connectivity index (χ0) is 14.1. The van der Waals surface area contributed by atoms with Crippen LogP contribution in [0.4, 0.5) is 0 Å². The van der Waals surface area contributed by atoms with Crippen LogP contribution in [-0.4, -0.2) is 39.8 Å². The molecule has 1 atom stereocenters. The maximum absolute atomic E-state index is 11.7. The van der Waals surface area contributed by atoms with Gasteiger partial charge in [-0.3, -0.25) is 4.79 Å². The molecule has 0 saturated heterocycles. The lowest BCUT2D eigenvalue weighted by molar-refractivity contribution is -0.120. The minimum absolute atomic E-state index is 0.0253. The molecular formula is C14H22N2O3. The highest BCUT2D eigenvalue weighted by Gasteiger charge is 2.09. The predicted molar refractivity (Wildman–Crippen MR) is 74.3 cm³/mol. The van der Waals surface area contributed by atoms with Gasteiger partial charge in [0, 0.05) is 13.7 Å². The van der Waals surface area contributed by atoms with Crippen LogP contribution in [0.5, 0.6) is 5.75 Å². The molecular weight excluding hydrogens is 244 g/mol. The van der Waals surface area contributed by atoms with Gasteiger partial charge in [-0.05, 0) is 24.6 Å². The van der Waals surface area contributed by atoms with E-state index >= 15 is 0 Å². The minimum atomic E-state index is -0.0283. The Labute approximate surface area is 114 Å². The number of methoxy groups -OCH3 is 2. The van der Waals surface area contributed by atoms with E-state index in [-0.39, 0.29) is 11.9 Å². The molecule has 19 heavy (non-hydrogen) atoms. The Morgan fingerprint density at radius 1 is 1.26 bits per heavy atom. The highest BCUT2D eigenvalue weighted by molar-refractivity contribution is 5.78. The van der Waals surface area contributed by atoms with E-state index in [1.165, 1.54) is 0 Å². The monoisotopic (exact) mass is 266 g/mol. The standard InChI is InChI=1S/C14H22N2O3/c1-11(12-4-6-13(19-3)7-5-12)16-14(17)10-15-8-9-18-2/h4-7,11,15H,8-10H2,1-3H3,(H,16,17)/t11-/m0/s1. The summed E-state index contributed by atoms with van der Waals surface area (Å²) in [6, 6.07) is 7.64. The summed E-state index contributed by atoms with van der Waals surface area (Å²) in [5, 5.41) is 5.93. The second-order valence-electron chi connectivity index (χ2n) is 4.23. The maximum atomic E-state index is 11.7. The Hall–Kier alpha value is -1.59. The third-order valence-corrected chi connectivity index (χ3v) is 2.76. The second kappa shape index (κ2) is 8.50. The van der Waals surface area contributed by atoms with Crippen LogP contribution < -0.4 is 15.4 Å². The lowest BCUT2D eigenvalue weighted by Crippen LogP contribution is -2.36. The first-order valence-electron chi connectivity index (χ1n) is 6.30. The van der Waals surface area contributed by atoms with Crippen molar-refractivity contribution in [1.29, 1.82) is 0 Å². The summed E-state index contributed by atoms with van der Waals surface area (Å²) in [7, 11) is 3.26. The number of hydrogen-bond donors (Lipinski definition) is 2. The third-order valence-electron chi connectivity index (χ3n) is 2.76. The Morgan fingerprint density at radius 3 is 2.53 bits per heavy atom. The zero-order valence-electron chi connectivity index (χ0n) is 11.7. The van der Waals surface area contributed by atoms with E-state index < -0.39 is 0 Å². The van der Waals surface area contributed by atoms with Gasteiger partial charge in [-0.1, -0.05) is 12.1 Å². The molecule has 0 spiro atoms. The highest BCUT2D eigenvalue weighted by atomic mass is 16.5. The molecule has 1 amide bonds. The van der Waals surface area contributed by atoms with Crippen LogP contribution in [0.3, 0.4) is 0 Å². The van der Waals surface area contributed by atoms with Gasteiger partial charge in [0.25, 0.3) is 0 Å². The van der Waals surface area contributed by atoms with Crippen molar-refractivity contribution in [1.82, 2.24) is 10.6 Å². The molecule has 0 saturated carbocycles. The summed E-state index contributed by atoms with van der Waals surface area (Å²) in [6.45, 7) is 3.51. The molecule has 1 aromatic carbocycles. The Balaban J connectivity index is 2.36. The van der Waals surface area contributed by atoms with Crippen LogP contribution >= 0.6 is 0 Å². The van der Waals surface area contributed by atoms with Gasteiger partial charge in [0.2, 0.25) is 5.91 Å². The van der Waals surface area contributed by atoms with Gasteiger partial charge in [-0.25, -0.2) is 0 Å². The minimum Gasteiger partial charge on any atom is -0.497 e. The van der Waals surface area contributed by atoms with E-state index in [9.17, 15) is 4.79 Å². The molecule has 0 aromatic heterocycles. The molecule has 0 unspecified atom stereocenters. The van der Waals surface area contributed by atoms with Crippen molar-refractivity contribution < 1.29 is 14.3 Å². The van der Waals surface area contributed by atoms with Crippen molar-refractivity contribution in [3.05, 3.63) is 29.8 Å². The Bertz CT molecular complexity index is 379. The van der Waals surface area contributed by atoms with Crippen molar-refractivity contribution in [3.8, 4) is 5.75 Å². The van der Waals surface area contributed by atoms with Gasteiger partial charge in [-0.15, -0.1) is 0 Å². The SMILES string of the molecule is COCCNCC(=O)N[C@@H](C)c1ccc(OC)cc1. The summed E-state index contributed by atoms with van der Waals surface area (Å²) in [4.78, 5) is 11.7. The molecule has 1 aromatic rings. The van der Waals surface area contributed by atoms with Gasteiger partial charge in [0.1, 0.15) is 5.75 Å². The molecule has 0 fully saturated rings. The average molecular weight is 266 g/mol. The fraction of sp³-hybridized carbons (Fsp3) is 0.500. The molecule has 5 nitrogen and oxygen atoms in total. The van der Waals surface area contributed by atoms with Gasteiger partial charge in [0.05, 0.1) is 26.3 Å². The predicted octanol–water partition coefficient (Wildman–Crippen LogP) is 1.11. The smallest absolute Gasteiger partial charge is 0.234 e. The number of amides is 1. The summed E-state index contributed by atoms with van der Waals surface area (Å²) in [5.41, 5.74) is 1.05. The number of benzene rings is 1. The zero-order valence-corrected chi connectivity index (χ0v) is 11.7. The van der Waals surface area contributed by atoms with Crippen LogP contribution in [0.1, 0.15) is 18.5 Å². The molecule has 2 N–H and O–H groups in total. The topological polar surface area (TPSA) is 59.6 Å². The molecule has 0 bridgehead atoms. The van der Waals surface area contributed by atoms with Gasteiger partial charge in [0.15, 0.2) is 0 Å². The Kier molecular flexibility index (Phi) is 6.92. The molecule has 0 aliphatic rings. The average Bonchev–Trinajstić information content (AvgIpc) is 2.43. The number of carbonyl (C=O) groups is 1. The van der Waals surface area contributed by atoms with Crippen LogP contribution in [0.25, 0.3) is 0 Å². The van der Waals surface area contributed by atoms with Crippen LogP contribution in [0.2, 0.25) is 0 Å². The molecule has 0 radical (unpaired) electrons. The fourth-order valence-corrected chi connectivity index (χ4v) is 1.64. The van der Waals surface area contributed by atoms with Crippen molar-refractivity contribution in [3.63, 3.8) is 0 Å². The van der Waals surface area contributed by atoms with Crippen molar-refractivity contribution >= 4 is 5.91 Å². The van der Waals surface area contributed by atoms with E-state index in [2.05, 4.69) is 10.6 Å². The van der Waals surface area contributed by atoms with E-state index in [1.54, 1.807) is 14.2 Å². The molecule has 0 aliphatic heterocycles. The normalized spacial score (nSPS) is 11.9. The van der Waals surface area contributed by atoms with Crippen LogP contribution in [-0.2, 0) is 9.53 Å². The third kappa shape index (κ3) is 5.72. The molecule has 0 aliphatic carbocycles. The summed E-state index contributed by atoms with van der Waals surface area (Å²) >= 11 is 0. The van der Waals surface area contributed by atoms with Gasteiger partial charge in [-0.2, -0.15) is 0 Å². The fourth-order valence-electron chi connectivity index (χ4n) is 1.64. The largest absolute Gasteiger partial charge is 0.497 e. The summed E-state index contributed by atoms with van der Waals surface area (Å²) < 4.78 is 9.99. The summed E-state index contributed by atoms with van der Waals surface area (Å²) in [6.07, 6.45) is 0. The number of carbonyl (C=O) groups excluding carboxylic acids is 1. The van der Waals surface area contributed by atoms with Gasteiger partial charge >= 0.3 is 0 Å². The van der Waals surface area contributed by atoms with Crippen molar-refractivity contribution in [2.24, 2.45) is 0 Å². The molecule has 106 valence electrons. The van der Waals surface area contributed by atoms with E-state index in [1.807, 2.05) is 31.2 Å². The van der Waals surface area contributed by atoms with Gasteiger partial charge < -0.3 is 20.1 Å². The first-order valence-corrected chi connectivity index (χ1v) is 6.30. The second-order valence-corrected chi connectivity index (χ2v) is 4.23. The summed E-state index contributed by atoms with van der Waals surface area (Å²) in [5.74, 6) is 0.780. The molecule has 5 heteroatoms. The molecule has 0 heterocycles. The first kappa shape index (κ1) is 15.5. The number of rotatable bonds is 8. The lowest BCUT2D eigenvalue weighted by Gasteiger charge is -2.15. The Morgan fingerprint density at radius 2 is 1.95 bits per heavy atom. The van der Waals surface area contributed by atoms with E-state index in [0.717, 1.165) is 11.3 Å². The van der Waals surface area contributed by atoms with Crippen molar-refractivity contribution in [2.75, 3.05) is 33.9 Å². The quantitative estimate of drug-likeness (QED) is 0.692. The number of hydrogen-bond acceptors (Lipinski definition) is 4.